The molecule has 3 atom stereocenters. The van der Waals surface area contributed by atoms with E-state index in [4.69, 9.17) is 0 Å². The average molecular weight is 271 g/mol. The molecule has 5 nitrogen and oxygen atoms in total. The van der Waals surface area contributed by atoms with Crippen LogP contribution in [-0.2, 0) is 4.79 Å². The van der Waals surface area contributed by atoms with Crippen molar-refractivity contribution in [3.05, 3.63) is 0 Å². The van der Waals surface area contributed by atoms with Crippen molar-refractivity contribution in [2.24, 2.45) is 0 Å². The normalized spacial score (nSPS) is 26.7. The third-order valence-corrected chi connectivity index (χ3v) is 3.39. The van der Waals surface area contributed by atoms with Gasteiger partial charge in [0.25, 0.3) is 0 Å². The monoisotopic (exact) mass is 271 g/mol. The van der Waals surface area contributed by atoms with Crippen molar-refractivity contribution in [1.82, 2.24) is 15.1 Å². The van der Waals surface area contributed by atoms with Gasteiger partial charge < -0.3 is 15.3 Å². The molecule has 1 amide bonds. The molecule has 1 heterocycles. The molecule has 0 spiro atoms. The van der Waals surface area contributed by atoms with Gasteiger partial charge in [-0.1, -0.05) is 0 Å². The first-order valence-corrected chi connectivity index (χ1v) is 7.00. The summed E-state index contributed by atoms with van der Waals surface area (Å²) in [4.78, 5) is 16.5. The lowest BCUT2D eigenvalue weighted by Crippen LogP contribution is -2.53. The number of rotatable bonds is 4. The van der Waals surface area contributed by atoms with Crippen LogP contribution in [-0.4, -0.2) is 71.7 Å². The van der Waals surface area contributed by atoms with Crippen LogP contribution in [0.4, 0.5) is 0 Å². The number of hydrogen-bond acceptors (Lipinski definition) is 4. The van der Waals surface area contributed by atoms with Crippen LogP contribution in [0.25, 0.3) is 0 Å². The second-order valence-electron chi connectivity index (χ2n) is 6.92. The number of amides is 1. The SMILES string of the molecule is CC(C(=O)NC(C)(C)C)N1CC(O)CC1CN(C)C. The number of nitrogens with one attached hydrogen (secondary N) is 1. The van der Waals surface area contributed by atoms with Gasteiger partial charge in [-0.15, -0.1) is 0 Å². The van der Waals surface area contributed by atoms with E-state index in [0.717, 1.165) is 13.0 Å². The Labute approximate surface area is 117 Å². The highest BCUT2D eigenvalue weighted by molar-refractivity contribution is 5.82. The van der Waals surface area contributed by atoms with Crippen molar-refractivity contribution in [3.63, 3.8) is 0 Å². The van der Waals surface area contributed by atoms with Crippen molar-refractivity contribution >= 4 is 5.91 Å². The predicted molar refractivity (Wildman–Crippen MR) is 77.0 cm³/mol. The predicted octanol–water partition coefficient (Wildman–Crippen LogP) is 0.286. The Morgan fingerprint density at radius 3 is 2.53 bits per heavy atom. The van der Waals surface area contributed by atoms with E-state index in [1.807, 2.05) is 41.8 Å². The largest absolute Gasteiger partial charge is 0.392 e. The lowest BCUT2D eigenvalue weighted by Gasteiger charge is -2.33. The molecule has 0 aromatic rings. The maximum Gasteiger partial charge on any atom is 0.237 e. The minimum absolute atomic E-state index is 0.0327. The molecule has 0 aromatic carbocycles. The molecule has 0 saturated carbocycles. The molecule has 2 N–H and O–H groups in total. The number of likely N-dealkylation sites (tertiary alicyclic amines) is 1. The zero-order valence-corrected chi connectivity index (χ0v) is 13.1. The molecule has 19 heavy (non-hydrogen) atoms. The Morgan fingerprint density at radius 1 is 1.47 bits per heavy atom. The van der Waals surface area contributed by atoms with E-state index in [1.54, 1.807) is 0 Å². The highest BCUT2D eigenvalue weighted by Gasteiger charge is 2.37. The van der Waals surface area contributed by atoms with Crippen LogP contribution in [0.15, 0.2) is 0 Å². The molecule has 1 saturated heterocycles. The van der Waals surface area contributed by atoms with Crippen molar-refractivity contribution in [1.29, 1.82) is 0 Å². The Bertz CT molecular complexity index is 312. The summed E-state index contributed by atoms with van der Waals surface area (Å²) in [6, 6.07) is 0.0343. The first-order chi connectivity index (χ1) is 8.60. The molecule has 0 aromatic heterocycles. The summed E-state index contributed by atoms with van der Waals surface area (Å²) in [5.74, 6) is 0.0327. The molecular formula is C14H29N3O2. The topological polar surface area (TPSA) is 55.8 Å². The van der Waals surface area contributed by atoms with Crippen LogP contribution in [0.1, 0.15) is 34.1 Å². The third-order valence-electron chi connectivity index (χ3n) is 3.39. The first kappa shape index (κ1) is 16.4. The number of nitrogens with zero attached hydrogens (tertiary/aromatic N) is 2. The molecule has 0 radical (unpaired) electrons. The van der Waals surface area contributed by atoms with Crippen LogP contribution in [0.5, 0.6) is 0 Å². The van der Waals surface area contributed by atoms with Gasteiger partial charge in [0.15, 0.2) is 0 Å². The van der Waals surface area contributed by atoms with Gasteiger partial charge in [-0.05, 0) is 48.2 Å². The van der Waals surface area contributed by atoms with Gasteiger partial charge in [0.2, 0.25) is 5.91 Å². The summed E-state index contributed by atoms with van der Waals surface area (Å²) in [5, 5.41) is 12.9. The number of likely N-dealkylation sites (N-methyl/N-ethyl adjacent to an activating group) is 1. The minimum Gasteiger partial charge on any atom is -0.392 e. The highest BCUT2D eigenvalue weighted by atomic mass is 16.3. The van der Waals surface area contributed by atoms with Crippen molar-refractivity contribution < 1.29 is 9.90 Å². The molecule has 1 aliphatic heterocycles. The van der Waals surface area contributed by atoms with Crippen LogP contribution < -0.4 is 5.32 Å². The number of carbonyl (C=O) groups excluding carboxylic acids is 1. The fourth-order valence-electron chi connectivity index (χ4n) is 2.62. The molecule has 1 fully saturated rings. The zero-order valence-electron chi connectivity index (χ0n) is 13.1. The zero-order chi connectivity index (χ0) is 14.8. The fourth-order valence-corrected chi connectivity index (χ4v) is 2.62. The number of β-amino-alcohol motifs (C(OH)–C–C–N with tert-alkyl or cyclic N) is 1. The Balaban J connectivity index is 2.67. The van der Waals surface area contributed by atoms with Crippen LogP contribution in [0.2, 0.25) is 0 Å². The summed E-state index contributed by atoms with van der Waals surface area (Å²) in [5.41, 5.74) is -0.221. The summed E-state index contributed by atoms with van der Waals surface area (Å²) < 4.78 is 0. The Hall–Kier alpha value is -0.650. The second kappa shape index (κ2) is 6.20. The van der Waals surface area contributed by atoms with Gasteiger partial charge in [0.1, 0.15) is 0 Å². The van der Waals surface area contributed by atoms with Gasteiger partial charge in [-0.3, -0.25) is 9.69 Å². The van der Waals surface area contributed by atoms with E-state index >= 15 is 0 Å². The molecule has 112 valence electrons. The molecule has 1 aliphatic rings. The van der Waals surface area contributed by atoms with E-state index in [9.17, 15) is 9.90 Å². The van der Waals surface area contributed by atoms with Gasteiger partial charge >= 0.3 is 0 Å². The highest BCUT2D eigenvalue weighted by Crippen LogP contribution is 2.21. The smallest absolute Gasteiger partial charge is 0.237 e. The Kier molecular flexibility index (Phi) is 5.35. The lowest BCUT2D eigenvalue weighted by molar-refractivity contribution is -0.127. The van der Waals surface area contributed by atoms with Crippen LogP contribution in [0, 0.1) is 0 Å². The maximum absolute atomic E-state index is 12.2. The van der Waals surface area contributed by atoms with E-state index in [-0.39, 0.29) is 29.6 Å². The summed E-state index contributed by atoms with van der Waals surface area (Å²) >= 11 is 0. The molecule has 5 heteroatoms. The van der Waals surface area contributed by atoms with E-state index in [0.29, 0.717) is 6.54 Å². The van der Waals surface area contributed by atoms with Crippen molar-refractivity contribution in [3.8, 4) is 0 Å². The van der Waals surface area contributed by atoms with Crippen molar-refractivity contribution in [2.75, 3.05) is 27.2 Å². The second-order valence-corrected chi connectivity index (χ2v) is 6.92. The summed E-state index contributed by atoms with van der Waals surface area (Å²) in [7, 11) is 4.03. The first-order valence-electron chi connectivity index (χ1n) is 7.00. The molecule has 3 unspecified atom stereocenters. The Morgan fingerprint density at radius 2 is 2.05 bits per heavy atom. The number of carbonyl (C=O) groups is 1. The number of aliphatic hydroxyl groups excluding tert-OH is 1. The standard InChI is InChI=1S/C14H29N3O2/c1-10(13(19)15-14(2,3)4)17-9-12(18)7-11(17)8-16(5)6/h10-12,18H,7-9H2,1-6H3,(H,15,19). The van der Waals surface area contributed by atoms with Gasteiger partial charge in [0, 0.05) is 24.7 Å². The van der Waals surface area contributed by atoms with E-state index < -0.39 is 0 Å². The molecular weight excluding hydrogens is 242 g/mol. The third kappa shape index (κ3) is 5.09. The lowest BCUT2D eigenvalue weighted by atomic mass is 10.1. The van der Waals surface area contributed by atoms with Gasteiger partial charge in [-0.2, -0.15) is 0 Å². The van der Waals surface area contributed by atoms with Crippen molar-refractivity contribution in [2.45, 2.75) is 57.8 Å². The van der Waals surface area contributed by atoms with Crippen LogP contribution in [0.3, 0.4) is 0 Å². The fraction of sp³-hybridized carbons (Fsp3) is 0.929. The quantitative estimate of drug-likeness (QED) is 0.771. The molecule has 0 aliphatic carbocycles. The summed E-state index contributed by atoms with van der Waals surface area (Å²) in [6.07, 6.45) is 0.417. The van der Waals surface area contributed by atoms with Gasteiger partial charge in [0.05, 0.1) is 12.1 Å². The van der Waals surface area contributed by atoms with E-state index in [2.05, 4.69) is 15.1 Å². The van der Waals surface area contributed by atoms with Gasteiger partial charge in [-0.25, -0.2) is 0 Å². The van der Waals surface area contributed by atoms with E-state index in [1.165, 1.54) is 0 Å². The molecule has 0 bridgehead atoms. The average Bonchev–Trinajstić information content (AvgIpc) is 2.54. The number of aliphatic hydroxyl groups is 1. The van der Waals surface area contributed by atoms with Crippen LogP contribution >= 0.6 is 0 Å². The maximum atomic E-state index is 12.2. The summed E-state index contributed by atoms with van der Waals surface area (Å²) in [6.45, 7) is 9.30. The minimum atomic E-state index is -0.324. The number of hydrogen-bond donors (Lipinski definition) is 2. The molecule has 1 rings (SSSR count).